The molecule has 0 radical (unpaired) electrons. The molecule has 1 aromatic rings. The van der Waals surface area contributed by atoms with E-state index in [9.17, 15) is 14.7 Å². The van der Waals surface area contributed by atoms with E-state index in [4.69, 9.17) is 9.15 Å². The number of amides is 1. The molecule has 2 atom stereocenters. The molecule has 2 fully saturated rings. The van der Waals surface area contributed by atoms with Crippen LogP contribution in [0.1, 0.15) is 12.2 Å². The molecule has 0 saturated carbocycles. The van der Waals surface area contributed by atoms with E-state index in [1.165, 1.54) is 12.3 Å². The number of fused-ring (bicyclic) bond motifs is 1. The number of furan rings is 1. The molecule has 1 aromatic heterocycles. The lowest BCUT2D eigenvalue weighted by Crippen LogP contribution is -2.45. The van der Waals surface area contributed by atoms with Gasteiger partial charge in [-0.25, -0.2) is 0 Å². The van der Waals surface area contributed by atoms with Crippen molar-refractivity contribution in [2.24, 2.45) is 11.3 Å². The van der Waals surface area contributed by atoms with Gasteiger partial charge in [0.1, 0.15) is 5.76 Å². The fourth-order valence-electron chi connectivity index (χ4n) is 3.11. The number of hydrogen-bond donors (Lipinski definition) is 1. The first-order valence-electron chi connectivity index (χ1n) is 6.93. The summed E-state index contributed by atoms with van der Waals surface area (Å²) in [4.78, 5) is 25.4. The topological polar surface area (TPSA) is 80.0 Å². The van der Waals surface area contributed by atoms with Crippen LogP contribution in [-0.4, -0.2) is 48.2 Å². The molecule has 1 N–H and O–H groups in total. The maximum atomic E-state index is 12.2. The van der Waals surface area contributed by atoms with Crippen LogP contribution in [0.15, 0.2) is 28.9 Å². The Hall–Kier alpha value is -2.08. The van der Waals surface area contributed by atoms with Crippen molar-refractivity contribution >= 4 is 18.0 Å². The van der Waals surface area contributed by atoms with Gasteiger partial charge in [0.15, 0.2) is 0 Å². The highest BCUT2D eigenvalue weighted by molar-refractivity contribution is 5.92. The predicted octanol–water partition coefficient (Wildman–Crippen LogP) is 1.24. The molecule has 1 amide bonds. The molecule has 112 valence electrons. The number of carboxylic acids is 1. The first-order valence-corrected chi connectivity index (χ1v) is 6.93. The van der Waals surface area contributed by atoms with Crippen LogP contribution in [0.5, 0.6) is 0 Å². The molecule has 2 aliphatic heterocycles. The molecule has 6 nitrogen and oxygen atoms in total. The van der Waals surface area contributed by atoms with Gasteiger partial charge in [-0.05, 0) is 24.6 Å². The molecule has 21 heavy (non-hydrogen) atoms. The summed E-state index contributed by atoms with van der Waals surface area (Å²) >= 11 is 0. The summed E-state index contributed by atoms with van der Waals surface area (Å²) in [5.41, 5.74) is -0.855. The van der Waals surface area contributed by atoms with Gasteiger partial charge in [-0.1, -0.05) is 0 Å². The third-order valence-electron chi connectivity index (χ3n) is 4.38. The summed E-state index contributed by atoms with van der Waals surface area (Å²) < 4.78 is 10.5. The second kappa shape index (κ2) is 5.37. The molecular weight excluding hydrogens is 274 g/mol. The zero-order valence-corrected chi connectivity index (χ0v) is 11.5. The van der Waals surface area contributed by atoms with Crippen molar-refractivity contribution in [3.05, 3.63) is 30.2 Å². The zero-order chi connectivity index (χ0) is 14.9. The third-order valence-corrected chi connectivity index (χ3v) is 4.38. The Morgan fingerprint density at radius 2 is 2.33 bits per heavy atom. The number of carbonyl (C=O) groups is 2. The number of rotatable bonds is 3. The summed E-state index contributed by atoms with van der Waals surface area (Å²) in [6.07, 6.45) is 5.00. The van der Waals surface area contributed by atoms with Gasteiger partial charge < -0.3 is 19.2 Å². The van der Waals surface area contributed by atoms with E-state index in [1.807, 2.05) is 0 Å². The van der Waals surface area contributed by atoms with Crippen LogP contribution in [0.2, 0.25) is 0 Å². The second-order valence-electron chi connectivity index (χ2n) is 5.55. The highest BCUT2D eigenvalue weighted by Crippen LogP contribution is 2.42. The minimum absolute atomic E-state index is 0.135. The van der Waals surface area contributed by atoms with Crippen molar-refractivity contribution in [3.8, 4) is 0 Å². The van der Waals surface area contributed by atoms with Crippen LogP contribution in [-0.2, 0) is 14.3 Å². The Kier molecular flexibility index (Phi) is 3.55. The molecular formula is C15H17NO5. The number of hydrogen-bond acceptors (Lipinski definition) is 4. The largest absolute Gasteiger partial charge is 0.481 e. The number of likely N-dealkylation sites (tertiary alicyclic amines) is 1. The van der Waals surface area contributed by atoms with Gasteiger partial charge in [0.2, 0.25) is 5.91 Å². The SMILES string of the molecule is O=C(/C=C/c1ccco1)N1C[C@H]2COCC[C@@]2(C(=O)O)C1. The maximum absolute atomic E-state index is 12.2. The van der Waals surface area contributed by atoms with Crippen molar-refractivity contribution < 1.29 is 23.8 Å². The van der Waals surface area contributed by atoms with Gasteiger partial charge in [0.25, 0.3) is 0 Å². The van der Waals surface area contributed by atoms with Gasteiger partial charge in [0.05, 0.1) is 18.3 Å². The monoisotopic (exact) mass is 291 g/mol. The predicted molar refractivity (Wildman–Crippen MR) is 73.3 cm³/mol. The molecule has 3 heterocycles. The van der Waals surface area contributed by atoms with Crippen LogP contribution in [0.25, 0.3) is 6.08 Å². The van der Waals surface area contributed by atoms with Crippen LogP contribution in [0.4, 0.5) is 0 Å². The highest BCUT2D eigenvalue weighted by atomic mass is 16.5. The fraction of sp³-hybridized carbons (Fsp3) is 0.467. The lowest BCUT2D eigenvalue weighted by atomic mass is 9.74. The number of nitrogens with zero attached hydrogens (tertiary/aromatic N) is 1. The normalized spacial score (nSPS) is 28.8. The van der Waals surface area contributed by atoms with Crippen LogP contribution in [0.3, 0.4) is 0 Å². The molecule has 2 aliphatic rings. The number of carbonyl (C=O) groups excluding carboxylic acids is 1. The summed E-state index contributed by atoms with van der Waals surface area (Å²) in [7, 11) is 0. The Labute approximate surface area is 122 Å². The smallest absolute Gasteiger partial charge is 0.311 e. The van der Waals surface area contributed by atoms with Crippen molar-refractivity contribution in [3.63, 3.8) is 0 Å². The Morgan fingerprint density at radius 1 is 1.48 bits per heavy atom. The standard InChI is InChI=1S/C15H17NO5/c17-13(4-3-12-2-1-6-21-12)16-8-11-9-20-7-5-15(11,10-16)14(18)19/h1-4,6,11H,5,7-10H2,(H,18,19)/b4-3+/t11-,15+/m0/s1. The maximum Gasteiger partial charge on any atom is 0.311 e. The van der Waals surface area contributed by atoms with Crippen molar-refractivity contribution in [1.82, 2.24) is 4.90 Å². The van der Waals surface area contributed by atoms with Crippen LogP contribution >= 0.6 is 0 Å². The van der Waals surface area contributed by atoms with E-state index in [-0.39, 0.29) is 18.4 Å². The molecule has 2 saturated heterocycles. The van der Waals surface area contributed by atoms with Crippen LogP contribution in [0, 0.1) is 11.3 Å². The molecule has 0 aliphatic carbocycles. The minimum atomic E-state index is -0.855. The zero-order valence-electron chi connectivity index (χ0n) is 11.5. The molecule has 0 aromatic carbocycles. The number of ether oxygens (including phenoxy) is 1. The van der Waals surface area contributed by atoms with Crippen LogP contribution < -0.4 is 0 Å². The van der Waals surface area contributed by atoms with E-state index >= 15 is 0 Å². The Morgan fingerprint density at radius 3 is 3.00 bits per heavy atom. The average molecular weight is 291 g/mol. The van der Waals surface area contributed by atoms with Crippen molar-refractivity contribution in [2.75, 3.05) is 26.3 Å². The molecule has 0 bridgehead atoms. The van der Waals surface area contributed by atoms with E-state index < -0.39 is 11.4 Å². The van der Waals surface area contributed by atoms with Gasteiger partial charge in [-0.2, -0.15) is 0 Å². The quantitative estimate of drug-likeness (QED) is 0.848. The fourth-order valence-corrected chi connectivity index (χ4v) is 3.11. The van der Waals surface area contributed by atoms with E-state index in [0.29, 0.717) is 31.9 Å². The molecule has 0 unspecified atom stereocenters. The summed E-state index contributed by atoms with van der Waals surface area (Å²) in [5, 5.41) is 9.55. The molecule has 6 heteroatoms. The Bertz CT molecular complexity index is 565. The van der Waals surface area contributed by atoms with Crippen molar-refractivity contribution in [2.45, 2.75) is 6.42 Å². The number of carboxylic acid groups (broad SMARTS) is 1. The Balaban J connectivity index is 1.73. The average Bonchev–Trinajstić information content (AvgIpc) is 3.12. The van der Waals surface area contributed by atoms with E-state index in [1.54, 1.807) is 23.1 Å². The molecule has 3 rings (SSSR count). The van der Waals surface area contributed by atoms with Gasteiger partial charge in [0, 0.05) is 31.7 Å². The van der Waals surface area contributed by atoms with E-state index in [2.05, 4.69) is 0 Å². The first-order chi connectivity index (χ1) is 10.1. The highest BCUT2D eigenvalue weighted by Gasteiger charge is 2.54. The lowest BCUT2D eigenvalue weighted by Gasteiger charge is -2.33. The number of aliphatic carboxylic acids is 1. The lowest BCUT2D eigenvalue weighted by molar-refractivity contribution is -0.157. The van der Waals surface area contributed by atoms with Crippen molar-refractivity contribution in [1.29, 1.82) is 0 Å². The van der Waals surface area contributed by atoms with Gasteiger partial charge >= 0.3 is 5.97 Å². The van der Waals surface area contributed by atoms with Gasteiger partial charge in [-0.3, -0.25) is 9.59 Å². The summed E-state index contributed by atoms with van der Waals surface area (Å²) in [5.74, 6) is -0.566. The van der Waals surface area contributed by atoms with E-state index in [0.717, 1.165) is 0 Å². The summed E-state index contributed by atoms with van der Waals surface area (Å²) in [6.45, 7) is 1.51. The van der Waals surface area contributed by atoms with Gasteiger partial charge in [-0.15, -0.1) is 0 Å². The second-order valence-corrected chi connectivity index (χ2v) is 5.55. The summed E-state index contributed by atoms with van der Waals surface area (Å²) in [6, 6.07) is 3.49. The first kappa shape index (κ1) is 13.9. The molecule has 0 spiro atoms. The third kappa shape index (κ3) is 2.47. The minimum Gasteiger partial charge on any atom is -0.481 e.